The Morgan fingerprint density at radius 2 is 1.95 bits per heavy atom. The van der Waals surface area contributed by atoms with Crippen molar-refractivity contribution in [2.75, 3.05) is 20.6 Å². The molecule has 1 N–H and O–H groups in total. The lowest BCUT2D eigenvalue weighted by atomic mass is 10.2. The number of hydrogen-bond acceptors (Lipinski definition) is 4. The van der Waals surface area contributed by atoms with Crippen LogP contribution in [0.3, 0.4) is 0 Å². The van der Waals surface area contributed by atoms with Crippen LogP contribution in [0.1, 0.15) is 38.5 Å². The Kier molecular flexibility index (Phi) is 4.75. The second kappa shape index (κ2) is 6.35. The van der Waals surface area contributed by atoms with Gasteiger partial charge in [-0.15, -0.1) is 0 Å². The van der Waals surface area contributed by atoms with Gasteiger partial charge in [0.25, 0.3) is 0 Å². The molecule has 112 valence electrons. The molecule has 1 unspecified atom stereocenters. The summed E-state index contributed by atoms with van der Waals surface area (Å²) in [6, 6.07) is -0.344. The van der Waals surface area contributed by atoms with Crippen LogP contribution in [0, 0.1) is 0 Å². The van der Waals surface area contributed by atoms with Crippen molar-refractivity contribution in [2.24, 2.45) is 0 Å². The second-order valence-electron chi connectivity index (χ2n) is 5.79. The number of amides is 3. The first-order valence-electron chi connectivity index (χ1n) is 7.30. The predicted octanol–water partition coefficient (Wildman–Crippen LogP) is 0.124. The summed E-state index contributed by atoms with van der Waals surface area (Å²) >= 11 is 0. The number of likely N-dealkylation sites (tertiary alicyclic amines) is 1. The van der Waals surface area contributed by atoms with Crippen molar-refractivity contribution >= 4 is 17.7 Å². The number of nitrogens with one attached hydrogen (secondary N) is 1. The summed E-state index contributed by atoms with van der Waals surface area (Å²) in [5.41, 5.74) is 0. The molecule has 0 aromatic heterocycles. The molecule has 2 aliphatic rings. The lowest BCUT2D eigenvalue weighted by Gasteiger charge is -2.22. The lowest BCUT2D eigenvalue weighted by Crippen LogP contribution is -2.43. The maximum Gasteiger partial charge on any atom is 0.247 e. The van der Waals surface area contributed by atoms with E-state index in [-0.39, 0.29) is 30.2 Å². The number of imide groups is 1. The Balaban J connectivity index is 1.83. The Bertz CT molecular complexity index is 402. The number of nitrogens with zero attached hydrogens (tertiary/aromatic N) is 2. The highest BCUT2D eigenvalue weighted by Crippen LogP contribution is 2.28. The van der Waals surface area contributed by atoms with Gasteiger partial charge in [0.1, 0.15) is 0 Å². The van der Waals surface area contributed by atoms with E-state index in [0.717, 1.165) is 25.7 Å². The number of carbonyl (C=O) groups excluding carboxylic acids is 3. The highest BCUT2D eigenvalue weighted by Gasteiger charge is 2.42. The average molecular weight is 281 g/mol. The van der Waals surface area contributed by atoms with Gasteiger partial charge in [-0.25, -0.2) is 0 Å². The van der Waals surface area contributed by atoms with Gasteiger partial charge in [0.15, 0.2) is 0 Å². The molecule has 1 heterocycles. The molecule has 1 aliphatic carbocycles. The molecule has 6 heteroatoms. The van der Waals surface area contributed by atoms with Gasteiger partial charge in [-0.1, -0.05) is 12.8 Å². The van der Waals surface area contributed by atoms with E-state index in [0.29, 0.717) is 13.0 Å². The summed E-state index contributed by atoms with van der Waals surface area (Å²) in [5, 5.41) is 3.04. The zero-order chi connectivity index (χ0) is 14.7. The third-order valence-corrected chi connectivity index (χ3v) is 4.10. The molecule has 1 atom stereocenters. The first-order chi connectivity index (χ1) is 9.50. The van der Waals surface area contributed by atoms with Crippen LogP contribution < -0.4 is 5.32 Å². The van der Waals surface area contributed by atoms with Crippen LogP contribution in [0.4, 0.5) is 0 Å². The third-order valence-electron chi connectivity index (χ3n) is 4.10. The van der Waals surface area contributed by atoms with E-state index < -0.39 is 6.04 Å². The van der Waals surface area contributed by atoms with Crippen LogP contribution in [-0.2, 0) is 14.4 Å². The molecule has 0 radical (unpaired) electrons. The topological polar surface area (TPSA) is 69.7 Å². The summed E-state index contributed by atoms with van der Waals surface area (Å²) in [6.45, 7) is 0.430. The monoisotopic (exact) mass is 281 g/mol. The summed E-state index contributed by atoms with van der Waals surface area (Å²) < 4.78 is 0. The molecule has 20 heavy (non-hydrogen) atoms. The molecular weight excluding hydrogens is 258 g/mol. The highest BCUT2D eigenvalue weighted by atomic mass is 16.2. The largest absolute Gasteiger partial charge is 0.349 e. The van der Waals surface area contributed by atoms with Crippen LogP contribution in [0.5, 0.6) is 0 Å². The smallest absolute Gasteiger partial charge is 0.247 e. The van der Waals surface area contributed by atoms with Gasteiger partial charge in [0, 0.05) is 33.1 Å². The van der Waals surface area contributed by atoms with Crippen LogP contribution in [-0.4, -0.2) is 60.2 Å². The van der Waals surface area contributed by atoms with Crippen molar-refractivity contribution in [3.63, 3.8) is 0 Å². The van der Waals surface area contributed by atoms with Crippen LogP contribution in [0.15, 0.2) is 0 Å². The van der Waals surface area contributed by atoms with Crippen LogP contribution in [0.2, 0.25) is 0 Å². The Labute approximate surface area is 119 Å². The van der Waals surface area contributed by atoms with E-state index in [1.165, 1.54) is 9.80 Å². The van der Waals surface area contributed by atoms with Crippen molar-refractivity contribution in [1.29, 1.82) is 0 Å². The Morgan fingerprint density at radius 1 is 1.30 bits per heavy atom. The van der Waals surface area contributed by atoms with Crippen molar-refractivity contribution < 1.29 is 14.4 Å². The van der Waals surface area contributed by atoms with Crippen molar-refractivity contribution in [3.8, 4) is 0 Å². The molecule has 1 saturated carbocycles. The molecule has 2 fully saturated rings. The minimum absolute atomic E-state index is 0.0157. The molecule has 0 aromatic carbocycles. The number of hydrogen-bond donors (Lipinski definition) is 1. The van der Waals surface area contributed by atoms with E-state index in [9.17, 15) is 14.4 Å². The summed E-state index contributed by atoms with van der Waals surface area (Å²) in [5.74, 6) is -0.167. The molecule has 1 saturated heterocycles. The number of rotatable bonds is 5. The van der Waals surface area contributed by atoms with Gasteiger partial charge in [0.2, 0.25) is 17.7 Å². The van der Waals surface area contributed by atoms with Gasteiger partial charge in [0.05, 0.1) is 12.5 Å². The minimum Gasteiger partial charge on any atom is -0.349 e. The van der Waals surface area contributed by atoms with Gasteiger partial charge < -0.3 is 10.2 Å². The Morgan fingerprint density at radius 3 is 2.55 bits per heavy atom. The molecule has 3 amide bonds. The van der Waals surface area contributed by atoms with E-state index in [2.05, 4.69) is 5.32 Å². The molecule has 1 aliphatic heterocycles. The molecule has 0 aromatic rings. The van der Waals surface area contributed by atoms with Crippen molar-refractivity contribution in [3.05, 3.63) is 0 Å². The fourth-order valence-corrected chi connectivity index (χ4v) is 2.93. The number of carbonyl (C=O) groups is 3. The third kappa shape index (κ3) is 3.17. The standard InChI is InChI=1S/C14H23N3O3/c1-16(2)12(18)7-8-15-11-9-13(19)17(14(11)20)10-5-3-4-6-10/h10-11,15H,3-9H2,1-2H3. The fraction of sp³-hybridized carbons (Fsp3) is 0.786. The molecule has 0 bridgehead atoms. The lowest BCUT2D eigenvalue weighted by molar-refractivity contribution is -0.141. The quantitative estimate of drug-likeness (QED) is 0.727. The van der Waals surface area contributed by atoms with Crippen molar-refractivity contribution in [1.82, 2.24) is 15.1 Å². The maximum atomic E-state index is 12.3. The molecule has 6 nitrogen and oxygen atoms in total. The van der Waals surface area contributed by atoms with Gasteiger partial charge in [-0.2, -0.15) is 0 Å². The van der Waals surface area contributed by atoms with E-state index in [1.807, 2.05) is 0 Å². The second-order valence-corrected chi connectivity index (χ2v) is 5.79. The highest BCUT2D eigenvalue weighted by molar-refractivity contribution is 6.05. The fourth-order valence-electron chi connectivity index (χ4n) is 2.93. The molecular formula is C14H23N3O3. The van der Waals surface area contributed by atoms with Crippen LogP contribution in [0.25, 0.3) is 0 Å². The van der Waals surface area contributed by atoms with E-state index in [1.54, 1.807) is 14.1 Å². The normalized spacial score (nSPS) is 23.7. The SMILES string of the molecule is CN(C)C(=O)CCNC1CC(=O)N(C2CCCC2)C1=O. The van der Waals surface area contributed by atoms with Gasteiger partial charge in [-0.05, 0) is 12.8 Å². The first kappa shape index (κ1) is 15.0. The van der Waals surface area contributed by atoms with Crippen LogP contribution >= 0.6 is 0 Å². The minimum atomic E-state index is -0.446. The van der Waals surface area contributed by atoms with E-state index in [4.69, 9.17) is 0 Å². The zero-order valence-corrected chi connectivity index (χ0v) is 12.2. The maximum absolute atomic E-state index is 12.3. The molecule has 0 spiro atoms. The average Bonchev–Trinajstić information content (AvgIpc) is 2.98. The van der Waals surface area contributed by atoms with Crippen molar-refractivity contribution in [2.45, 2.75) is 50.6 Å². The van der Waals surface area contributed by atoms with Gasteiger partial charge in [-0.3, -0.25) is 19.3 Å². The predicted molar refractivity (Wildman–Crippen MR) is 73.8 cm³/mol. The van der Waals surface area contributed by atoms with E-state index >= 15 is 0 Å². The van der Waals surface area contributed by atoms with Gasteiger partial charge >= 0.3 is 0 Å². The molecule has 2 rings (SSSR count). The zero-order valence-electron chi connectivity index (χ0n) is 12.2. The summed E-state index contributed by atoms with van der Waals surface area (Å²) in [4.78, 5) is 38.7. The summed E-state index contributed by atoms with van der Waals surface area (Å²) in [7, 11) is 3.41. The first-order valence-corrected chi connectivity index (χ1v) is 7.30. The Hall–Kier alpha value is -1.43. The summed E-state index contributed by atoms with van der Waals surface area (Å²) in [6.07, 6.45) is 4.63.